The van der Waals surface area contributed by atoms with Crippen LogP contribution in [0.3, 0.4) is 0 Å². The molecule has 0 aliphatic rings. The maximum absolute atomic E-state index is 11.5. The molecule has 1 aromatic carbocycles. The standard InChI is InChI=1S/C18H26N2O2/c1-4-5-7-14-11-20(9-6-8-19)17-12(2)10-15(18(21)22)13(3)16(14)17/h10-11H,4-9,19H2,1-3H3,(H,21,22). The fraction of sp³-hybridized carbons (Fsp3) is 0.500. The van der Waals surface area contributed by atoms with Gasteiger partial charge < -0.3 is 15.4 Å². The highest BCUT2D eigenvalue weighted by Gasteiger charge is 2.18. The van der Waals surface area contributed by atoms with Crippen LogP contribution < -0.4 is 5.73 Å². The average molecular weight is 302 g/mol. The van der Waals surface area contributed by atoms with E-state index in [2.05, 4.69) is 17.7 Å². The zero-order valence-corrected chi connectivity index (χ0v) is 13.8. The van der Waals surface area contributed by atoms with Crippen LogP contribution in [0, 0.1) is 13.8 Å². The van der Waals surface area contributed by atoms with E-state index in [0.717, 1.165) is 48.7 Å². The quantitative estimate of drug-likeness (QED) is 0.820. The lowest BCUT2D eigenvalue weighted by atomic mass is 9.96. The summed E-state index contributed by atoms with van der Waals surface area (Å²) < 4.78 is 2.25. The number of nitrogens with zero attached hydrogens (tertiary/aromatic N) is 1. The van der Waals surface area contributed by atoms with Gasteiger partial charge in [0, 0.05) is 18.1 Å². The van der Waals surface area contributed by atoms with Gasteiger partial charge >= 0.3 is 5.97 Å². The number of carboxylic acids is 1. The molecule has 0 saturated heterocycles. The number of rotatable bonds is 7. The van der Waals surface area contributed by atoms with Gasteiger partial charge in [-0.15, -0.1) is 0 Å². The lowest BCUT2D eigenvalue weighted by molar-refractivity contribution is 0.0696. The van der Waals surface area contributed by atoms with E-state index in [4.69, 9.17) is 5.73 Å². The van der Waals surface area contributed by atoms with Gasteiger partial charge in [0.15, 0.2) is 0 Å². The van der Waals surface area contributed by atoms with Gasteiger partial charge in [0.2, 0.25) is 0 Å². The van der Waals surface area contributed by atoms with E-state index >= 15 is 0 Å². The van der Waals surface area contributed by atoms with E-state index in [0.29, 0.717) is 12.1 Å². The molecule has 0 saturated carbocycles. The molecule has 0 atom stereocenters. The molecule has 1 heterocycles. The molecule has 120 valence electrons. The Labute approximate surface area is 131 Å². The van der Waals surface area contributed by atoms with Crippen LogP contribution in [-0.2, 0) is 13.0 Å². The Hall–Kier alpha value is -1.81. The van der Waals surface area contributed by atoms with Gasteiger partial charge in [-0.1, -0.05) is 13.3 Å². The van der Waals surface area contributed by atoms with Crippen LogP contribution in [0.5, 0.6) is 0 Å². The number of hydrogen-bond acceptors (Lipinski definition) is 2. The molecule has 4 nitrogen and oxygen atoms in total. The summed E-state index contributed by atoms with van der Waals surface area (Å²) in [6.45, 7) is 7.64. The van der Waals surface area contributed by atoms with Crippen LogP contribution in [0.15, 0.2) is 12.3 Å². The highest BCUT2D eigenvalue weighted by Crippen LogP contribution is 2.31. The van der Waals surface area contributed by atoms with E-state index in [1.807, 2.05) is 13.8 Å². The molecule has 0 unspecified atom stereocenters. The highest BCUT2D eigenvalue weighted by molar-refractivity contribution is 5.99. The normalized spacial score (nSPS) is 11.3. The molecule has 0 bridgehead atoms. The number of benzene rings is 1. The maximum atomic E-state index is 11.5. The minimum absolute atomic E-state index is 0.416. The van der Waals surface area contributed by atoms with Crippen molar-refractivity contribution in [2.75, 3.05) is 6.54 Å². The minimum Gasteiger partial charge on any atom is -0.478 e. The van der Waals surface area contributed by atoms with E-state index in [1.165, 1.54) is 11.1 Å². The molecule has 3 N–H and O–H groups in total. The predicted molar refractivity (Wildman–Crippen MR) is 90.7 cm³/mol. The molecule has 0 aliphatic heterocycles. The van der Waals surface area contributed by atoms with Gasteiger partial charge in [-0.3, -0.25) is 0 Å². The van der Waals surface area contributed by atoms with Crippen molar-refractivity contribution < 1.29 is 9.90 Å². The van der Waals surface area contributed by atoms with E-state index in [1.54, 1.807) is 6.07 Å². The third-order valence-corrected chi connectivity index (χ3v) is 4.30. The zero-order valence-electron chi connectivity index (χ0n) is 13.8. The van der Waals surface area contributed by atoms with Crippen LogP contribution in [-0.4, -0.2) is 22.2 Å². The molecule has 2 aromatic rings. The molecule has 0 amide bonds. The largest absolute Gasteiger partial charge is 0.478 e. The number of fused-ring (bicyclic) bond motifs is 1. The monoisotopic (exact) mass is 302 g/mol. The molecule has 4 heteroatoms. The van der Waals surface area contributed by atoms with Gasteiger partial charge in [0.05, 0.1) is 11.1 Å². The van der Waals surface area contributed by atoms with Crippen molar-refractivity contribution in [1.82, 2.24) is 4.57 Å². The fourth-order valence-electron chi connectivity index (χ4n) is 3.20. The third kappa shape index (κ3) is 3.02. The van der Waals surface area contributed by atoms with Crippen molar-refractivity contribution in [3.63, 3.8) is 0 Å². The van der Waals surface area contributed by atoms with Gasteiger partial charge in [-0.05, 0) is 62.4 Å². The van der Waals surface area contributed by atoms with Crippen molar-refractivity contribution in [3.8, 4) is 0 Å². The molecule has 2 rings (SSSR count). The lowest BCUT2D eigenvalue weighted by Gasteiger charge is -2.11. The number of nitrogens with two attached hydrogens (primary N) is 1. The molecule has 0 radical (unpaired) electrons. The van der Waals surface area contributed by atoms with Crippen LogP contribution in [0.4, 0.5) is 0 Å². The molecule has 0 spiro atoms. The summed E-state index contributed by atoms with van der Waals surface area (Å²) in [5.74, 6) is -0.848. The average Bonchev–Trinajstić information content (AvgIpc) is 2.85. The zero-order chi connectivity index (χ0) is 16.3. The van der Waals surface area contributed by atoms with Gasteiger partial charge in [-0.25, -0.2) is 4.79 Å². The summed E-state index contributed by atoms with van der Waals surface area (Å²) in [7, 11) is 0. The minimum atomic E-state index is -0.848. The molecule has 22 heavy (non-hydrogen) atoms. The summed E-state index contributed by atoms with van der Waals surface area (Å²) >= 11 is 0. The van der Waals surface area contributed by atoms with Crippen LogP contribution in [0.1, 0.15) is 53.2 Å². The first-order valence-electron chi connectivity index (χ1n) is 8.06. The third-order valence-electron chi connectivity index (χ3n) is 4.30. The van der Waals surface area contributed by atoms with Crippen LogP contribution in [0.25, 0.3) is 10.9 Å². The number of carboxylic acid groups (broad SMARTS) is 1. The number of aryl methyl sites for hydroxylation is 4. The number of aromatic carboxylic acids is 1. The van der Waals surface area contributed by atoms with Crippen molar-refractivity contribution in [1.29, 1.82) is 0 Å². The summed E-state index contributed by atoms with van der Waals surface area (Å²) in [5, 5.41) is 10.6. The number of hydrogen-bond donors (Lipinski definition) is 2. The maximum Gasteiger partial charge on any atom is 0.335 e. The Kier molecular flexibility index (Phi) is 5.24. The topological polar surface area (TPSA) is 68.2 Å². The second-order valence-electron chi connectivity index (χ2n) is 5.99. The SMILES string of the molecule is CCCCc1cn(CCCN)c2c(C)cc(C(=O)O)c(C)c12. The van der Waals surface area contributed by atoms with E-state index in [9.17, 15) is 9.90 Å². The first-order valence-corrected chi connectivity index (χ1v) is 8.06. The van der Waals surface area contributed by atoms with Gasteiger partial charge in [0.1, 0.15) is 0 Å². The molecule has 0 aliphatic carbocycles. The van der Waals surface area contributed by atoms with Crippen molar-refractivity contribution in [2.24, 2.45) is 5.73 Å². The predicted octanol–water partition coefficient (Wildman–Crippen LogP) is 3.65. The van der Waals surface area contributed by atoms with Crippen molar-refractivity contribution in [3.05, 3.63) is 34.5 Å². The second-order valence-corrected chi connectivity index (χ2v) is 5.99. The summed E-state index contributed by atoms with van der Waals surface area (Å²) in [4.78, 5) is 11.5. The summed E-state index contributed by atoms with van der Waals surface area (Å²) in [6.07, 6.45) is 6.36. The fourth-order valence-corrected chi connectivity index (χ4v) is 3.20. The number of carbonyl (C=O) groups is 1. The molecule has 0 fully saturated rings. The molecular weight excluding hydrogens is 276 g/mol. The summed E-state index contributed by atoms with van der Waals surface area (Å²) in [5.41, 5.74) is 10.4. The van der Waals surface area contributed by atoms with Gasteiger partial charge in [0.25, 0.3) is 0 Å². The summed E-state index contributed by atoms with van der Waals surface area (Å²) in [6, 6.07) is 1.79. The smallest absolute Gasteiger partial charge is 0.335 e. The second kappa shape index (κ2) is 6.97. The Balaban J connectivity index is 2.68. The molecular formula is C18H26N2O2. The van der Waals surface area contributed by atoms with Gasteiger partial charge in [-0.2, -0.15) is 0 Å². The number of aromatic nitrogens is 1. The van der Waals surface area contributed by atoms with E-state index < -0.39 is 5.97 Å². The Bertz CT molecular complexity index is 686. The number of unbranched alkanes of at least 4 members (excludes halogenated alkanes) is 1. The van der Waals surface area contributed by atoms with Crippen LogP contribution in [0.2, 0.25) is 0 Å². The first-order chi connectivity index (χ1) is 10.5. The lowest BCUT2D eigenvalue weighted by Crippen LogP contribution is -2.06. The Morgan fingerprint density at radius 2 is 2.05 bits per heavy atom. The van der Waals surface area contributed by atoms with Crippen molar-refractivity contribution >= 4 is 16.9 Å². The first kappa shape index (κ1) is 16.6. The highest BCUT2D eigenvalue weighted by atomic mass is 16.4. The molecule has 1 aromatic heterocycles. The van der Waals surface area contributed by atoms with E-state index in [-0.39, 0.29) is 0 Å². The Morgan fingerprint density at radius 1 is 1.32 bits per heavy atom. The Morgan fingerprint density at radius 3 is 2.64 bits per heavy atom. The van der Waals surface area contributed by atoms with Crippen LogP contribution >= 0.6 is 0 Å². The van der Waals surface area contributed by atoms with Crippen molar-refractivity contribution in [2.45, 2.75) is 53.0 Å².